The molecular weight excluding hydrogens is 228 g/mol. The fourth-order valence-corrected chi connectivity index (χ4v) is 1.58. The van der Waals surface area contributed by atoms with Gasteiger partial charge in [0.15, 0.2) is 5.82 Å². The van der Waals surface area contributed by atoms with Gasteiger partial charge in [0.1, 0.15) is 5.76 Å². The van der Waals surface area contributed by atoms with Crippen molar-refractivity contribution in [1.82, 2.24) is 5.16 Å². The van der Waals surface area contributed by atoms with Crippen molar-refractivity contribution in [2.45, 2.75) is 59.3 Å². The van der Waals surface area contributed by atoms with Crippen molar-refractivity contribution in [3.63, 3.8) is 0 Å². The van der Waals surface area contributed by atoms with Crippen LogP contribution in [0.5, 0.6) is 0 Å². The highest BCUT2D eigenvalue weighted by atomic mass is 16.5. The molecule has 1 amide bonds. The summed E-state index contributed by atoms with van der Waals surface area (Å²) in [6, 6.07) is 1.80. The predicted molar refractivity (Wildman–Crippen MR) is 72.5 cm³/mol. The first-order valence-corrected chi connectivity index (χ1v) is 6.62. The molecule has 0 aliphatic rings. The van der Waals surface area contributed by atoms with Crippen LogP contribution >= 0.6 is 0 Å². The highest BCUT2D eigenvalue weighted by Crippen LogP contribution is 2.24. The van der Waals surface area contributed by atoms with E-state index in [1.54, 1.807) is 6.07 Å². The van der Waals surface area contributed by atoms with Gasteiger partial charge in [0.2, 0.25) is 5.91 Å². The molecule has 102 valence electrons. The van der Waals surface area contributed by atoms with Crippen molar-refractivity contribution in [3.05, 3.63) is 11.8 Å². The summed E-state index contributed by atoms with van der Waals surface area (Å²) in [5.41, 5.74) is -0.0934. The van der Waals surface area contributed by atoms with Crippen LogP contribution in [0.25, 0.3) is 0 Å². The zero-order chi connectivity index (χ0) is 13.8. The minimum absolute atomic E-state index is 0.0113. The lowest BCUT2D eigenvalue weighted by Gasteiger charge is -2.12. The smallest absolute Gasteiger partial charge is 0.228 e. The van der Waals surface area contributed by atoms with Crippen molar-refractivity contribution >= 4 is 11.7 Å². The molecule has 0 radical (unpaired) electrons. The molecular formula is C14H24N2O2. The third-order valence-corrected chi connectivity index (χ3v) is 2.94. The van der Waals surface area contributed by atoms with Gasteiger partial charge in [-0.05, 0) is 6.42 Å². The van der Waals surface area contributed by atoms with Crippen molar-refractivity contribution in [2.24, 2.45) is 5.92 Å². The summed E-state index contributed by atoms with van der Waals surface area (Å²) in [6.45, 7) is 10.2. The third kappa shape index (κ3) is 4.17. The number of hydrogen-bond acceptors (Lipinski definition) is 3. The van der Waals surface area contributed by atoms with Gasteiger partial charge in [0.05, 0.1) is 0 Å². The summed E-state index contributed by atoms with van der Waals surface area (Å²) in [6.07, 6.45) is 3.09. The molecule has 1 unspecified atom stereocenters. The summed E-state index contributed by atoms with van der Waals surface area (Å²) >= 11 is 0. The van der Waals surface area contributed by atoms with E-state index >= 15 is 0 Å². The van der Waals surface area contributed by atoms with Crippen LogP contribution in [0.2, 0.25) is 0 Å². The van der Waals surface area contributed by atoms with Gasteiger partial charge in [-0.25, -0.2) is 0 Å². The maximum Gasteiger partial charge on any atom is 0.228 e. The number of amides is 1. The van der Waals surface area contributed by atoms with E-state index in [9.17, 15) is 4.79 Å². The average Bonchev–Trinajstić information content (AvgIpc) is 2.73. The van der Waals surface area contributed by atoms with E-state index in [1.807, 2.05) is 27.7 Å². The van der Waals surface area contributed by atoms with E-state index in [0.717, 1.165) is 25.0 Å². The topological polar surface area (TPSA) is 55.1 Å². The van der Waals surface area contributed by atoms with Gasteiger partial charge in [-0.15, -0.1) is 0 Å². The quantitative estimate of drug-likeness (QED) is 0.868. The number of aromatic nitrogens is 1. The number of unbranched alkanes of at least 4 members (excludes halogenated alkanes) is 1. The highest BCUT2D eigenvalue weighted by molar-refractivity contribution is 5.91. The molecule has 0 aliphatic heterocycles. The molecule has 0 saturated heterocycles. The first kappa shape index (κ1) is 14.7. The van der Waals surface area contributed by atoms with Crippen LogP contribution in [-0.2, 0) is 10.2 Å². The summed E-state index contributed by atoms with van der Waals surface area (Å²) in [4.78, 5) is 11.9. The molecule has 4 heteroatoms. The zero-order valence-corrected chi connectivity index (χ0v) is 12.0. The second-order valence-electron chi connectivity index (χ2n) is 5.86. The van der Waals surface area contributed by atoms with Gasteiger partial charge in [0, 0.05) is 17.4 Å². The molecule has 0 spiro atoms. The minimum Gasteiger partial charge on any atom is -0.359 e. The van der Waals surface area contributed by atoms with Crippen molar-refractivity contribution in [3.8, 4) is 0 Å². The summed E-state index contributed by atoms with van der Waals surface area (Å²) < 4.78 is 5.23. The molecule has 0 fully saturated rings. The Hall–Kier alpha value is -1.32. The average molecular weight is 252 g/mol. The molecule has 1 atom stereocenters. The Labute approximate surface area is 109 Å². The second kappa shape index (κ2) is 6.03. The van der Waals surface area contributed by atoms with Gasteiger partial charge in [-0.3, -0.25) is 4.79 Å². The molecule has 1 rings (SSSR count). The van der Waals surface area contributed by atoms with Gasteiger partial charge >= 0.3 is 0 Å². The molecule has 0 aromatic carbocycles. The fraction of sp³-hybridized carbons (Fsp3) is 0.714. The monoisotopic (exact) mass is 252 g/mol. The van der Waals surface area contributed by atoms with Gasteiger partial charge in [-0.2, -0.15) is 0 Å². The summed E-state index contributed by atoms with van der Waals surface area (Å²) in [7, 11) is 0. The SMILES string of the molecule is CCCCC(C)C(=O)Nc1cc(C(C)(C)C)on1. The minimum atomic E-state index is -0.0934. The predicted octanol–water partition coefficient (Wildman–Crippen LogP) is 3.74. The maximum atomic E-state index is 11.9. The molecule has 1 aromatic heterocycles. The van der Waals surface area contributed by atoms with Crippen molar-refractivity contribution in [1.29, 1.82) is 0 Å². The van der Waals surface area contributed by atoms with E-state index in [1.165, 1.54) is 0 Å². The molecule has 0 saturated carbocycles. The Morgan fingerprint density at radius 1 is 1.50 bits per heavy atom. The van der Waals surface area contributed by atoms with E-state index in [0.29, 0.717) is 5.82 Å². The van der Waals surface area contributed by atoms with E-state index in [4.69, 9.17) is 4.52 Å². The number of nitrogens with zero attached hydrogens (tertiary/aromatic N) is 1. The van der Waals surface area contributed by atoms with E-state index in [2.05, 4.69) is 17.4 Å². The molecule has 1 heterocycles. The number of rotatable bonds is 5. The van der Waals surface area contributed by atoms with Crippen LogP contribution in [0.15, 0.2) is 10.6 Å². The lowest BCUT2D eigenvalue weighted by atomic mass is 9.93. The largest absolute Gasteiger partial charge is 0.359 e. The molecule has 18 heavy (non-hydrogen) atoms. The number of hydrogen-bond donors (Lipinski definition) is 1. The van der Waals surface area contributed by atoms with Gasteiger partial charge in [0.25, 0.3) is 0 Å². The fourth-order valence-electron chi connectivity index (χ4n) is 1.58. The van der Waals surface area contributed by atoms with Crippen LogP contribution in [0, 0.1) is 5.92 Å². The van der Waals surface area contributed by atoms with Crippen molar-refractivity contribution in [2.75, 3.05) is 5.32 Å². The first-order valence-electron chi connectivity index (χ1n) is 6.62. The molecule has 1 aromatic rings. The van der Waals surface area contributed by atoms with Crippen molar-refractivity contribution < 1.29 is 9.32 Å². The second-order valence-corrected chi connectivity index (χ2v) is 5.86. The Kier molecular flexibility index (Phi) is 4.93. The Bertz CT molecular complexity index is 391. The van der Waals surface area contributed by atoms with Crippen LogP contribution < -0.4 is 5.32 Å². The zero-order valence-electron chi connectivity index (χ0n) is 12.0. The number of carbonyl (C=O) groups is 1. The Balaban J connectivity index is 2.57. The van der Waals surface area contributed by atoms with Crippen LogP contribution in [0.3, 0.4) is 0 Å². The molecule has 0 bridgehead atoms. The lowest BCUT2D eigenvalue weighted by molar-refractivity contribution is -0.119. The summed E-state index contributed by atoms with van der Waals surface area (Å²) in [5.74, 6) is 1.31. The molecule has 4 nitrogen and oxygen atoms in total. The molecule has 0 aliphatic carbocycles. The third-order valence-electron chi connectivity index (χ3n) is 2.94. The van der Waals surface area contributed by atoms with E-state index < -0.39 is 0 Å². The summed E-state index contributed by atoms with van der Waals surface area (Å²) in [5, 5.41) is 6.68. The maximum absolute atomic E-state index is 11.9. The van der Waals surface area contributed by atoms with Crippen LogP contribution in [0.4, 0.5) is 5.82 Å². The lowest BCUT2D eigenvalue weighted by Crippen LogP contribution is -2.20. The van der Waals surface area contributed by atoms with E-state index in [-0.39, 0.29) is 17.2 Å². The number of anilines is 1. The number of carbonyl (C=O) groups excluding carboxylic acids is 1. The first-order chi connectivity index (χ1) is 8.34. The molecule has 1 N–H and O–H groups in total. The Morgan fingerprint density at radius 3 is 2.67 bits per heavy atom. The number of nitrogens with one attached hydrogen (secondary N) is 1. The van der Waals surface area contributed by atoms with Gasteiger partial charge in [-0.1, -0.05) is 52.6 Å². The van der Waals surface area contributed by atoms with Gasteiger partial charge < -0.3 is 9.84 Å². The highest BCUT2D eigenvalue weighted by Gasteiger charge is 2.21. The Morgan fingerprint density at radius 2 is 2.17 bits per heavy atom. The standard InChI is InChI=1S/C14H24N2O2/c1-6-7-8-10(2)13(17)15-12-9-11(18-16-12)14(3,4)5/h9-10H,6-8H2,1-5H3,(H,15,16,17). The normalized spacial score (nSPS) is 13.4. The van der Waals surface area contributed by atoms with Crippen LogP contribution in [0.1, 0.15) is 59.6 Å². The van der Waals surface area contributed by atoms with Crippen LogP contribution in [-0.4, -0.2) is 11.1 Å².